The smallest absolute Gasteiger partial charge is 0.318 e. The maximum Gasteiger partial charge on any atom is 0.322 e. The second-order valence-corrected chi connectivity index (χ2v) is 7.37. The van der Waals surface area contributed by atoms with Crippen LogP contribution in [-0.4, -0.2) is 27.5 Å². The van der Waals surface area contributed by atoms with Gasteiger partial charge >= 0.3 is 6.03 Å². The molecule has 7 heteroatoms. The molecule has 1 heterocycles. The monoisotopic (exact) mass is 423 g/mol. The number of carbonyl (C=O) groups is 1. The predicted molar refractivity (Wildman–Crippen MR) is 124 cm³/mol. The minimum Gasteiger partial charge on any atom is -0.318 e. The second-order valence-electron chi connectivity index (χ2n) is 7.37. The largest absolute Gasteiger partial charge is 0.322 e. The summed E-state index contributed by atoms with van der Waals surface area (Å²) < 4.78 is 1.55. The van der Waals surface area contributed by atoms with E-state index in [1.807, 2.05) is 43.3 Å². The van der Waals surface area contributed by atoms with Crippen LogP contribution in [0.2, 0.25) is 0 Å². The number of para-hydroxylation sites is 2. The molecule has 1 atom stereocenters. The lowest BCUT2D eigenvalue weighted by Gasteiger charge is -2.27. The standard InChI is InChI=1S/C25H21N5O2/c1-17(29(2)25(32)27-19-10-8-9-18(15-19)16-26)23-28-22-14-7-6-13-21(22)24(31)30(23)20-11-4-3-5-12-20/h3-15,17H,1-2H3,(H,27,32). The molecule has 4 rings (SSSR count). The number of anilines is 1. The molecule has 32 heavy (non-hydrogen) atoms. The third-order valence-corrected chi connectivity index (χ3v) is 5.33. The van der Waals surface area contributed by atoms with E-state index in [0.717, 1.165) is 0 Å². The number of hydrogen-bond acceptors (Lipinski definition) is 4. The first-order valence-electron chi connectivity index (χ1n) is 10.1. The highest BCUT2D eigenvalue weighted by atomic mass is 16.2. The van der Waals surface area contributed by atoms with Gasteiger partial charge in [-0.2, -0.15) is 5.26 Å². The number of fused-ring (bicyclic) bond motifs is 1. The number of aromatic nitrogens is 2. The number of urea groups is 1. The number of nitrogens with zero attached hydrogens (tertiary/aromatic N) is 4. The van der Waals surface area contributed by atoms with Gasteiger partial charge < -0.3 is 10.2 Å². The lowest BCUT2D eigenvalue weighted by atomic mass is 10.2. The lowest BCUT2D eigenvalue weighted by Crippen LogP contribution is -2.37. The summed E-state index contributed by atoms with van der Waals surface area (Å²) in [6, 6.07) is 24.3. The molecule has 1 N–H and O–H groups in total. The fourth-order valence-electron chi connectivity index (χ4n) is 3.48. The zero-order chi connectivity index (χ0) is 22.7. The van der Waals surface area contributed by atoms with Crippen molar-refractivity contribution < 1.29 is 4.79 Å². The van der Waals surface area contributed by atoms with Crippen LogP contribution < -0.4 is 10.9 Å². The van der Waals surface area contributed by atoms with Crippen molar-refractivity contribution in [2.45, 2.75) is 13.0 Å². The van der Waals surface area contributed by atoms with Gasteiger partial charge in [0.25, 0.3) is 5.56 Å². The average Bonchev–Trinajstić information content (AvgIpc) is 2.83. The quantitative estimate of drug-likeness (QED) is 0.524. The van der Waals surface area contributed by atoms with Gasteiger partial charge in [0.1, 0.15) is 5.82 Å². The van der Waals surface area contributed by atoms with Crippen LogP contribution in [0.15, 0.2) is 83.7 Å². The minimum absolute atomic E-state index is 0.195. The molecule has 0 saturated heterocycles. The molecule has 2 amide bonds. The summed E-state index contributed by atoms with van der Waals surface area (Å²) in [5.41, 5.74) is 2.02. The minimum atomic E-state index is -0.522. The highest BCUT2D eigenvalue weighted by molar-refractivity contribution is 5.89. The van der Waals surface area contributed by atoms with Crippen LogP contribution in [0.4, 0.5) is 10.5 Å². The molecule has 158 valence electrons. The van der Waals surface area contributed by atoms with Gasteiger partial charge in [0.05, 0.1) is 34.3 Å². The van der Waals surface area contributed by atoms with Crippen molar-refractivity contribution >= 4 is 22.6 Å². The summed E-state index contributed by atoms with van der Waals surface area (Å²) in [5, 5.41) is 12.4. The maximum atomic E-state index is 13.4. The van der Waals surface area contributed by atoms with E-state index < -0.39 is 6.04 Å². The van der Waals surface area contributed by atoms with Crippen LogP contribution >= 0.6 is 0 Å². The van der Waals surface area contributed by atoms with Gasteiger partial charge in [-0.3, -0.25) is 9.36 Å². The number of nitrogens with one attached hydrogen (secondary N) is 1. The Morgan fingerprint density at radius 3 is 2.53 bits per heavy atom. The van der Waals surface area contributed by atoms with E-state index in [2.05, 4.69) is 11.4 Å². The molecule has 0 saturated carbocycles. The van der Waals surface area contributed by atoms with Gasteiger partial charge in [-0.05, 0) is 49.4 Å². The average molecular weight is 423 g/mol. The van der Waals surface area contributed by atoms with Gasteiger partial charge in [-0.25, -0.2) is 9.78 Å². The van der Waals surface area contributed by atoms with E-state index in [4.69, 9.17) is 10.2 Å². The van der Waals surface area contributed by atoms with Crippen LogP contribution in [-0.2, 0) is 0 Å². The van der Waals surface area contributed by atoms with Crippen molar-refractivity contribution in [3.05, 3.63) is 101 Å². The van der Waals surface area contributed by atoms with E-state index in [9.17, 15) is 9.59 Å². The van der Waals surface area contributed by atoms with Gasteiger partial charge in [-0.1, -0.05) is 36.4 Å². The number of rotatable bonds is 4. The van der Waals surface area contributed by atoms with Crippen molar-refractivity contribution in [1.82, 2.24) is 14.5 Å². The van der Waals surface area contributed by atoms with Gasteiger partial charge in [0.2, 0.25) is 0 Å². The van der Waals surface area contributed by atoms with E-state index in [-0.39, 0.29) is 11.6 Å². The normalized spacial score (nSPS) is 11.5. The molecular weight excluding hydrogens is 402 g/mol. The van der Waals surface area contributed by atoms with Crippen molar-refractivity contribution in [3.8, 4) is 11.8 Å². The molecule has 3 aromatic carbocycles. The molecule has 1 aromatic heterocycles. The molecule has 1 unspecified atom stereocenters. The van der Waals surface area contributed by atoms with E-state index >= 15 is 0 Å². The maximum absolute atomic E-state index is 13.4. The molecule has 0 fully saturated rings. The molecule has 0 aliphatic heterocycles. The molecule has 4 aromatic rings. The predicted octanol–water partition coefficient (Wildman–Crippen LogP) is 4.48. The molecule has 0 aliphatic carbocycles. The zero-order valence-corrected chi connectivity index (χ0v) is 17.7. The van der Waals surface area contributed by atoms with E-state index in [1.165, 1.54) is 4.90 Å². The Hall–Kier alpha value is -4.44. The summed E-state index contributed by atoms with van der Waals surface area (Å²) in [7, 11) is 1.64. The Balaban J connectivity index is 1.75. The number of benzene rings is 3. The molecule has 0 aliphatic rings. The van der Waals surface area contributed by atoms with Crippen LogP contribution in [0.1, 0.15) is 24.4 Å². The van der Waals surface area contributed by atoms with Gasteiger partial charge in [-0.15, -0.1) is 0 Å². The summed E-state index contributed by atoms with van der Waals surface area (Å²) in [4.78, 5) is 32.6. The zero-order valence-electron chi connectivity index (χ0n) is 17.7. The Labute approximate surface area is 185 Å². The summed E-state index contributed by atoms with van der Waals surface area (Å²) in [5.74, 6) is 0.448. The number of carbonyl (C=O) groups excluding carboxylic acids is 1. The molecule has 7 nitrogen and oxygen atoms in total. The number of hydrogen-bond donors (Lipinski definition) is 1. The molecule has 0 bridgehead atoms. The second kappa shape index (κ2) is 8.74. The first-order chi connectivity index (χ1) is 15.5. The highest BCUT2D eigenvalue weighted by Gasteiger charge is 2.24. The lowest BCUT2D eigenvalue weighted by molar-refractivity contribution is 0.205. The van der Waals surface area contributed by atoms with Crippen LogP contribution in [0.3, 0.4) is 0 Å². The molecular formula is C25H21N5O2. The molecule has 0 radical (unpaired) electrons. The number of nitriles is 1. The van der Waals surface area contributed by atoms with Crippen molar-refractivity contribution in [1.29, 1.82) is 5.26 Å². The first kappa shape index (κ1) is 20.8. The summed E-state index contributed by atoms with van der Waals surface area (Å²) in [6.07, 6.45) is 0. The third-order valence-electron chi connectivity index (χ3n) is 5.33. The summed E-state index contributed by atoms with van der Waals surface area (Å²) >= 11 is 0. The van der Waals surface area contributed by atoms with Crippen molar-refractivity contribution in [2.24, 2.45) is 0 Å². The Kier molecular flexibility index (Phi) is 5.69. The highest BCUT2D eigenvalue weighted by Crippen LogP contribution is 2.22. The molecule has 0 spiro atoms. The Morgan fingerprint density at radius 2 is 1.78 bits per heavy atom. The summed E-state index contributed by atoms with van der Waals surface area (Å²) in [6.45, 7) is 1.82. The van der Waals surface area contributed by atoms with Crippen molar-refractivity contribution in [3.63, 3.8) is 0 Å². The van der Waals surface area contributed by atoms with Crippen molar-refractivity contribution in [2.75, 3.05) is 12.4 Å². The SMILES string of the molecule is CC(c1nc2ccccc2c(=O)n1-c1ccccc1)N(C)C(=O)Nc1cccc(C#N)c1. The third kappa shape index (κ3) is 3.94. The topological polar surface area (TPSA) is 91.0 Å². The first-order valence-corrected chi connectivity index (χ1v) is 10.1. The fraction of sp³-hybridized carbons (Fsp3) is 0.120. The van der Waals surface area contributed by atoms with Gasteiger partial charge in [0.15, 0.2) is 0 Å². The van der Waals surface area contributed by atoms with Crippen LogP contribution in [0.25, 0.3) is 16.6 Å². The fourth-order valence-corrected chi connectivity index (χ4v) is 3.48. The van der Waals surface area contributed by atoms with Crippen LogP contribution in [0, 0.1) is 11.3 Å². The van der Waals surface area contributed by atoms with Gasteiger partial charge in [0, 0.05) is 12.7 Å². The number of amides is 2. The Bertz CT molecular complexity index is 1390. The van der Waals surface area contributed by atoms with E-state index in [0.29, 0.717) is 33.7 Å². The Morgan fingerprint density at radius 1 is 1.06 bits per heavy atom. The van der Waals surface area contributed by atoms with Crippen LogP contribution in [0.5, 0.6) is 0 Å². The van der Waals surface area contributed by atoms with E-state index in [1.54, 1.807) is 54.1 Å².